The van der Waals surface area contributed by atoms with E-state index in [9.17, 15) is 5.11 Å². The lowest BCUT2D eigenvalue weighted by Crippen LogP contribution is -2.16. The standard InChI is InChI=1S/C16H14Cl2O3/c1-9-2-3-10(6-12(9)17)15(19)11-7-13(18)16-14(8-11)20-4-5-21-16/h2-3,6-8,15,19H,4-5H2,1H3. The Bertz CT molecular complexity index is 685. The summed E-state index contributed by atoms with van der Waals surface area (Å²) in [5.41, 5.74) is 2.32. The average Bonchev–Trinajstić information content (AvgIpc) is 2.49. The Kier molecular flexibility index (Phi) is 3.98. The van der Waals surface area contributed by atoms with Crippen LogP contribution in [0.1, 0.15) is 22.8 Å². The molecule has 0 spiro atoms. The summed E-state index contributed by atoms with van der Waals surface area (Å²) in [5, 5.41) is 11.6. The molecule has 1 heterocycles. The van der Waals surface area contributed by atoms with E-state index in [1.807, 2.05) is 19.1 Å². The van der Waals surface area contributed by atoms with E-state index in [-0.39, 0.29) is 0 Å². The molecule has 2 aromatic carbocycles. The second-order valence-corrected chi connectivity index (χ2v) is 5.75. The zero-order valence-electron chi connectivity index (χ0n) is 11.4. The van der Waals surface area contributed by atoms with E-state index < -0.39 is 6.10 Å². The highest BCUT2D eigenvalue weighted by Crippen LogP contribution is 2.40. The van der Waals surface area contributed by atoms with Crippen molar-refractivity contribution in [3.8, 4) is 11.5 Å². The van der Waals surface area contributed by atoms with Gasteiger partial charge in [-0.05, 0) is 41.8 Å². The van der Waals surface area contributed by atoms with Crippen LogP contribution in [0.5, 0.6) is 11.5 Å². The van der Waals surface area contributed by atoms with Crippen LogP contribution < -0.4 is 9.47 Å². The highest BCUT2D eigenvalue weighted by Gasteiger charge is 2.20. The average molecular weight is 325 g/mol. The minimum atomic E-state index is -0.823. The summed E-state index contributed by atoms with van der Waals surface area (Å²) in [5.74, 6) is 1.09. The fourth-order valence-corrected chi connectivity index (χ4v) is 2.72. The lowest BCUT2D eigenvalue weighted by Gasteiger charge is -2.21. The molecule has 110 valence electrons. The van der Waals surface area contributed by atoms with Crippen molar-refractivity contribution in [1.29, 1.82) is 0 Å². The van der Waals surface area contributed by atoms with Crippen LogP contribution in [0.15, 0.2) is 30.3 Å². The van der Waals surface area contributed by atoms with E-state index >= 15 is 0 Å². The van der Waals surface area contributed by atoms with Crippen molar-refractivity contribution in [3.63, 3.8) is 0 Å². The lowest BCUT2D eigenvalue weighted by atomic mass is 10.00. The maximum atomic E-state index is 10.5. The van der Waals surface area contributed by atoms with Gasteiger partial charge in [-0.3, -0.25) is 0 Å². The summed E-state index contributed by atoms with van der Waals surface area (Å²) >= 11 is 12.3. The fraction of sp³-hybridized carbons (Fsp3) is 0.250. The van der Waals surface area contributed by atoms with Gasteiger partial charge in [-0.15, -0.1) is 0 Å². The molecule has 0 saturated carbocycles. The predicted octanol–water partition coefficient (Wildman–Crippen LogP) is 4.15. The Morgan fingerprint density at radius 2 is 1.71 bits per heavy atom. The number of halogens is 2. The molecule has 1 unspecified atom stereocenters. The summed E-state index contributed by atoms with van der Waals surface area (Å²) in [7, 11) is 0. The molecule has 0 radical (unpaired) electrons. The molecular formula is C16H14Cl2O3. The highest BCUT2D eigenvalue weighted by atomic mass is 35.5. The molecule has 3 rings (SSSR count). The maximum Gasteiger partial charge on any atom is 0.179 e. The number of rotatable bonds is 2. The molecule has 0 aliphatic carbocycles. The van der Waals surface area contributed by atoms with Gasteiger partial charge in [0.25, 0.3) is 0 Å². The Hall–Kier alpha value is -1.42. The normalized spacial score (nSPS) is 14.9. The van der Waals surface area contributed by atoms with Crippen LogP contribution in [-0.4, -0.2) is 18.3 Å². The zero-order valence-corrected chi connectivity index (χ0v) is 12.9. The summed E-state index contributed by atoms with van der Waals surface area (Å²) in [6.07, 6.45) is -0.823. The fourth-order valence-electron chi connectivity index (χ4n) is 2.26. The smallest absolute Gasteiger partial charge is 0.179 e. The molecule has 0 amide bonds. The SMILES string of the molecule is Cc1ccc(C(O)c2cc(Cl)c3c(c2)OCCO3)cc1Cl. The molecule has 2 aromatic rings. The van der Waals surface area contributed by atoms with Gasteiger partial charge >= 0.3 is 0 Å². The monoisotopic (exact) mass is 324 g/mol. The Labute approximate surface area is 133 Å². The minimum Gasteiger partial charge on any atom is -0.486 e. The van der Waals surface area contributed by atoms with Gasteiger partial charge < -0.3 is 14.6 Å². The quantitative estimate of drug-likeness (QED) is 0.901. The van der Waals surface area contributed by atoms with Gasteiger partial charge in [-0.2, -0.15) is 0 Å². The van der Waals surface area contributed by atoms with Gasteiger partial charge in [0.1, 0.15) is 19.3 Å². The van der Waals surface area contributed by atoms with Crippen LogP contribution in [0.2, 0.25) is 10.0 Å². The van der Waals surface area contributed by atoms with Crippen LogP contribution in [0.4, 0.5) is 0 Å². The maximum absolute atomic E-state index is 10.5. The van der Waals surface area contributed by atoms with E-state index in [0.29, 0.717) is 45.9 Å². The number of hydrogen-bond acceptors (Lipinski definition) is 3. The lowest BCUT2D eigenvalue weighted by molar-refractivity contribution is 0.170. The van der Waals surface area contributed by atoms with E-state index in [0.717, 1.165) is 5.56 Å². The Balaban J connectivity index is 1.99. The first-order chi connectivity index (χ1) is 10.1. The molecule has 0 saturated heterocycles. The van der Waals surface area contributed by atoms with Crippen LogP contribution in [0, 0.1) is 6.92 Å². The van der Waals surface area contributed by atoms with Crippen molar-refractivity contribution < 1.29 is 14.6 Å². The molecule has 1 aliphatic heterocycles. The van der Waals surface area contributed by atoms with Crippen LogP contribution in [0.25, 0.3) is 0 Å². The van der Waals surface area contributed by atoms with Crippen molar-refractivity contribution in [2.24, 2.45) is 0 Å². The third kappa shape index (κ3) is 2.82. The zero-order chi connectivity index (χ0) is 15.0. The molecule has 0 bridgehead atoms. The van der Waals surface area contributed by atoms with Gasteiger partial charge in [-0.1, -0.05) is 35.3 Å². The largest absolute Gasteiger partial charge is 0.486 e. The third-order valence-corrected chi connectivity index (χ3v) is 4.13. The topological polar surface area (TPSA) is 38.7 Å². The predicted molar refractivity (Wildman–Crippen MR) is 82.7 cm³/mol. The number of aliphatic hydroxyl groups is 1. The highest BCUT2D eigenvalue weighted by molar-refractivity contribution is 6.32. The van der Waals surface area contributed by atoms with Gasteiger partial charge in [0, 0.05) is 5.02 Å². The van der Waals surface area contributed by atoms with Crippen molar-refractivity contribution >= 4 is 23.2 Å². The van der Waals surface area contributed by atoms with Gasteiger partial charge in [0.15, 0.2) is 11.5 Å². The summed E-state index contributed by atoms with van der Waals surface area (Å²) in [6, 6.07) is 8.91. The van der Waals surface area contributed by atoms with Crippen molar-refractivity contribution in [2.75, 3.05) is 13.2 Å². The second kappa shape index (κ2) is 5.76. The molecule has 3 nitrogen and oxygen atoms in total. The van der Waals surface area contributed by atoms with Crippen LogP contribution in [-0.2, 0) is 0 Å². The summed E-state index contributed by atoms with van der Waals surface area (Å²) < 4.78 is 11.0. The van der Waals surface area contributed by atoms with Gasteiger partial charge in [0.05, 0.1) is 5.02 Å². The Morgan fingerprint density at radius 3 is 2.48 bits per heavy atom. The van der Waals surface area contributed by atoms with Crippen LogP contribution in [0.3, 0.4) is 0 Å². The summed E-state index contributed by atoms with van der Waals surface area (Å²) in [6.45, 7) is 2.86. The van der Waals surface area contributed by atoms with E-state index in [1.165, 1.54) is 0 Å². The third-order valence-electron chi connectivity index (χ3n) is 3.45. The number of ether oxygens (including phenoxy) is 2. The minimum absolute atomic E-state index is 0.430. The molecule has 1 N–H and O–H groups in total. The molecule has 1 aliphatic rings. The summed E-state index contributed by atoms with van der Waals surface area (Å²) in [4.78, 5) is 0. The Morgan fingerprint density at radius 1 is 1.00 bits per heavy atom. The van der Waals surface area contributed by atoms with Gasteiger partial charge in [0.2, 0.25) is 0 Å². The van der Waals surface area contributed by atoms with Gasteiger partial charge in [-0.25, -0.2) is 0 Å². The van der Waals surface area contributed by atoms with Crippen molar-refractivity contribution in [2.45, 2.75) is 13.0 Å². The van der Waals surface area contributed by atoms with Crippen molar-refractivity contribution in [1.82, 2.24) is 0 Å². The number of aryl methyl sites for hydroxylation is 1. The van der Waals surface area contributed by atoms with E-state index in [4.69, 9.17) is 32.7 Å². The number of benzene rings is 2. The molecule has 21 heavy (non-hydrogen) atoms. The van der Waals surface area contributed by atoms with E-state index in [2.05, 4.69) is 0 Å². The first-order valence-electron chi connectivity index (χ1n) is 6.59. The number of aliphatic hydroxyl groups excluding tert-OH is 1. The molecule has 1 atom stereocenters. The molecule has 5 heteroatoms. The van der Waals surface area contributed by atoms with E-state index in [1.54, 1.807) is 18.2 Å². The van der Waals surface area contributed by atoms with Crippen LogP contribution >= 0.6 is 23.2 Å². The second-order valence-electron chi connectivity index (χ2n) is 4.94. The number of hydrogen-bond donors (Lipinski definition) is 1. The number of fused-ring (bicyclic) bond motifs is 1. The first-order valence-corrected chi connectivity index (χ1v) is 7.35. The first kappa shape index (κ1) is 14.5. The van der Waals surface area contributed by atoms with Crippen molar-refractivity contribution in [3.05, 3.63) is 57.1 Å². The molecular weight excluding hydrogens is 311 g/mol. The molecule has 0 aromatic heterocycles. The molecule has 0 fully saturated rings.